The summed E-state index contributed by atoms with van der Waals surface area (Å²) >= 11 is 0. The zero-order valence-electron chi connectivity index (χ0n) is 22.4. The quantitative estimate of drug-likeness (QED) is 0.211. The van der Waals surface area contributed by atoms with Gasteiger partial charge in [0.05, 0.1) is 19.1 Å². The van der Waals surface area contributed by atoms with Crippen LogP contribution < -0.4 is 5.19 Å². The number of nitrogens with zero attached hydrogens (tertiary/aromatic N) is 2. The molecule has 0 aliphatic heterocycles. The van der Waals surface area contributed by atoms with Gasteiger partial charge >= 0.3 is 0 Å². The van der Waals surface area contributed by atoms with Crippen LogP contribution >= 0.6 is 0 Å². The van der Waals surface area contributed by atoms with Crippen molar-refractivity contribution in [1.82, 2.24) is 9.13 Å². The molecule has 2 aromatic heterocycles. The van der Waals surface area contributed by atoms with E-state index in [0.717, 1.165) is 0 Å². The van der Waals surface area contributed by atoms with Gasteiger partial charge in [0, 0.05) is 40.0 Å². The molecule has 0 radical (unpaired) electrons. The summed E-state index contributed by atoms with van der Waals surface area (Å²) in [5.74, 6) is 0. The van der Waals surface area contributed by atoms with Gasteiger partial charge in [0.2, 0.25) is 0 Å². The Morgan fingerprint density at radius 3 is 1.59 bits per heavy atom. The van der Waals surface area contributed by atoms with Gasteiger partial charge in [-0.25, -0.2) is 0 Å². The van der Waals surface area contributed by atoms with Crippen molar-refractivity contribution in [2.75, 3.05) is 0 Å². The van der Waals surface area contributed by atoms with Crippen molar-refractivity contribution >= 4 is 35.1 Å². The fourth-order valence-electron chi connectivity index (χ4n) is 5.62. The molecule has 0 unspecified atom stereocenters. The molecule has 0 fully saturated rings. The van der Waals surface area contributed by atoms with Gasteiger partial charge in [0.1, 0.15) is 0 Å². The Kier molecular flexibility index (Phi) is 5.50. The molecule has 0 N–H and O–H groups in total. The van der Waals surface area contributed by atoms with E-state index in [9.17, 15) is 0 Å². The maximum atomic E-state index is 2.48. The van der Waals surface area contributed by atoms with Crippen molar-refractivity contribution in [3.8, 4) is 11.4 Å². The van der Waals surface area contributed by atoms with Gasteiger partial charge in [-0.2, -0.15) is 0 Å². The Hall–Kier alpha value is -3.82. The Labute approximate surface area is 220 Å². The third-order valence-electron chi connectivity index (χ3n) is 7.80. The van der Waals surface area contributed by atoms with Crippen molar-refractivity contribution in [2.45, 2.75) is 38.9 Å². The van der Waals surface area contributed by atoms with E-state index in [4.69, 9.17) is 0 Å². The fraction of sp³-hybridized carbons (Fsp3) is 0.176. The largest absolute Gasteiger partial charge is 0.316 e. The molecule has 0 amide bonds. The summed E-state index contributed by atoms with van der Waals surface area (Å²) in [6, 6.07) is 37.4. The maximum Gasteiger partial charge on any atom is 0.0776 e. The third-order valence-corrected chi connectivity index (χ3v) is 9.84. The predicted octanol–water partition coefficient (Wildman–Crippen LogP) is 8.45. The van der Waals surface area contributed by atoms with Crippen LogP contribution in [-0.4, -0.2) is 17.2 Å². The highest BCUT2D eigenvalue weighted by Gasteiger charge is 2.32. The summed E-state index contributed by atoms with van der Waals surface area (Å²) in [6.45, 7) is 12.1. The number of benzene rings is 4. The van der Waals surface area contributed by atoms with E-state index in [1.165, 1.54) is 49.5 Å². The van der Waals surface area contributed by atoms with E-state index in [2.05, 4.69) is 158 Å². The average molecular weight is 499 g/mol. The third kappa shape index (κ3) is 3.95. The van der Waals surface area contributed by atoms with Crippen LogP contribution in [0.5, 0.6) is 0 Å². The molecule has 0 saturated carbocycles. The van der Waals surface area contributed by atoms with Gasteiger partial charge < -0.3 is 9.13 Å². The number of para-hydroxylation sites is 3. The summed E-state index contributed by atoms with van der Waals surface area (Å²) in [5, 5.41) is 4.15. The van der Waals surface area contributed by atoms with Crippen LogP contribution in [0.1, 0.15) is 25.0 Å². The van der Waals surface area contributed by atoms with E-state index in [1.807, 2.05) is 0 Å². The molecule has 184 valence electrons. The Morgan fingerprint density at radius 2 is 1.03 bits per heavy atom. The number of hydrogen-bond acceptors (Lipinski definition) is 0. The van der Waals surface area contributed by atoms with Gasteiger partial charge in [0.15, 0.2) is 0 Å². The molecule has 0 aliphatic rings. The Morgan fingerprint density at radius 1 is 0.541 bits per heavy atom. The van der Waals surface area contributed by atoms with E-state index >= 15 is 0 Å². The molecule has 37 heavy (non-hydrogen) atoms. The molecule has 6 rings (SSSR count). The van der Waals surface area contributed by atoms with E-state index in [-0.39, 0.29) is 5.41 Å². The number of rotatable bonds is 5. The molecular weight excluding hydrogens is 464 g/mol. The highest BCUT2D eigenvalue weighted by molar-refractivity contribution is 6.88. The van der Waals surface area contributed by atoms with Gasteiger partial charge in [-0.05, 0) is 47.5 Å². The van der Waals surface area contributed by atoms with Crippen LogP contribution in [0.3, 0.4) is 0 Å². The number of hydrogen-bond donors (Lipinski definition) is 0. The standard InChI is InChI=1S/C34H34N2Si/c1-34(2,30-23-35(25-14-8-6-9-15-25)32-19-13-12-18-28(30)32)31-24-36(26-16-10-7-11-17-26)33-21-20-27(22-29(31)33)37(3,4)5/h6-24H,1-5H3. The van der Waals surface area contributed by atoms with E-state index in [1.54, 1.807) is 0 Å². The molecule has 2 nitrogen and oxygen atoms in total. The van der Waals surface area contributed by atoms with Crippen LogP contribution in [0.25, 0.3) is 33.2 Å². The highest BCUT2D eigenvalue weighted by atomic mass is 28.3. The molecule has 0 spiro atoms. The topological polar surface area (TPSA) is 9.86 Å². The lowest BCUT2D eigenvalue weighted by atomic mass is 9.78. The van der Waals surface area contributed by atoms with Crippen LogP contribution in [-0.2, 0) is 5.41 Å². The minimum atomic E-state index is -1.48. The molecule has 2 heterocycles. The number of aromatic nitrogens is 2. The Balaban J connectivity index is 1.63. The molecular formula is C34H34N2Si. The van der Waals surface area contributed by atoms with Crippen LogP contribution in [0.4, 0.5) is 0 Å². The molecule has 3 heteroatoms. The first-order valence-electron chi connectivity index (χ1n) is 13.1. The van der Waals surface area contributed by atoms with Gasteiger partial charge in [-0.15, -0.1) is 0 Å². The Bertz CT molecular complexity index is 1710. The summed E-state index contributed by atoms with van der Waals surface area (Å²) in [5.41, 5.74) is 7.39. The minimum absolute atomic E-state index is 0.212. The van der Waals surface area contributed by atoms with E-state index in [0.29, 0.717) is 0 Å². The van der Waals surface area contributed by atoms with Gasteiger partial charge in [-0.1, -0.05) is 105 Å². The van der Waals surface area contributed by atoms with Crippen molar-refractivity contribution in [3.05, 3.63) is 127 Å². The van der Waals surface area contributed by atoms with Crippen molar-refractivity contribution in [3.63, 3.8) is 0 Å². The van der Waals surface area contributed by atoms with Crippen LogP contribution in [0.2, 0.25) is 19.6 Å². The lowest BCUT2D eigenvalue weighted by Gasteiger charge is -2.25. The van der Waals surface area contributed by atoms with E-state index < -0.39 is 8.07 Å². The second-order valence-electron chi connectivity index (χ2n) is 11.6. The van der Waals surface area contributed by atoms with Crippen LogP contribution in [0, 0.1) is 0 Å². The molecule has 0 aliphatic carbocycles. The molecule has 0 bridgehead atoms. The number of fused-ring (bicyclic) bond motifs is 2. The highest BCUT2D eigenvalue weighted by Crippen LogP contribution is 2.42. The molecule has 0 saturated heterocycles. The van der Waals surface area contributed by atoms with Crippen molar-refractivity contribution < 1.29 is 0 Å². The lowest BCUT2D eigenvalue weighted by Crippen LogP contribution is -2.37. The zero-order valence-corrected chi connectivity index (χ0v) is 23.4. The summed E-state index contributed by atoms with van der Waals surface area (Å²) in [6.07, 6.45) is 4.73. The van der Waals surface area contributed by atoms with Crippen molar-refractivity contribution in [1.29, 1.82) is 0 Å². The first-order valence-corrected chi connectivity index (χ1v) is 16.6. The summed E-state index contributed by atoms with van der Waals surface area (Å²) < 4.78 is 4.72. The first kappa shape index (κ1) is 23.6. The van der Waals surface area contributed by atoms with Crippen molar-refractivity contribution in [2.24, 2.45) is 0 Å². The molecule has 6 aromatic rings. The maximum absolute atomic E-state index is 2.48. The van der Waals surface area contributed by atoms with Gasteiger partial charge in [-0.3, -0.25) is 0 Å². The second kappa shape index (κ2) is 8.64. The fourth-order valence-corrected chi connectivity index (χ4v) is 6.78. The monoisotopic (exact) mass is 498 g/mol. The molecule has 4 aromatic carbocycles. The van der Waals surface area contributed by atoms with Crippen LogP contribution in [0.15, 0.2) is 116 Å². The summed E-state index contributed by atoms with van der Waals surface area (Å²) in [4.78, 5) is 0. The average Bonchev–Trinajstić information content (AvgIpc) is 3.49. The van der Waals surface area contributed by atoms with Gasteiger partial charge in [0.25, 0.3) is 0 Å². The molecule has 0 atom stereocenters. The second-order valence-corrected chi connectivity index (χ2v) is 16.7. The zero-order chi connectivity index (χ0) is 25.8. The normalized spacial score (nSPS) is 12.5. The smallest absolute Gasteiger partial charge is 0.0776 e. The SMILES string of the molecule is CC(C)(c1cn(-c2ccccc2)c2ccccc12)c1cn(-c2ccccc2)c2ccc([Si](C)(C)C)cc12. The minimum Gasteiger partial charge on any atom is -0.316 e. The first-order chi connectivity index (χ1) is 17.7. The lowest BCUT2D eigenvalue weighted by molar-refractivity contribution is 0.650. The predicted molar refractivity (Wildman–Crippen MR) is 162 cm³/mol. The summed E-state index contributed by atoms with van der Waals surface area (Å²) in [7, 11) is -1.48.